The lowest BCUT2D eigenvalue weighted by atomic mass is 9.90. The van der Waals surface area contributed by atoms with E-state index in [4.69, 9.17) is 5.73 Å². The van der Waals surface area contributed by atoms with Crippen molar-refractivity contribution in [2.75, 3.05) is 19.6 Å². The number of carbonyl (C=O) groups is 1. The highest BCUT2D eigenvalue weighted by atomic mass is 16.2. The summed E-state index contributed by atoms with van der Waals surface area (Å²) >= 11 is 0. The number of amides is 1. The molecule has 0 saturated carbocycles. The van der Waals surface area contributed by atoms with Gasteiger partial charge in [0.05, 0.1) is 6.20 Å². The number of aryl methyl sites for hydroxylation is 1. The zero-order valence-electron chi connectivity index (χ0n) is 13.6. The summed E-state index contributed by atoms with van der Waals surface area (Å²) in [5.74, 6) is 0.470. The van der Waals surface area contributed by atoms with Crippen molar-refractivity contribution in [2.45, 2.75) is 32.1 Å². The monoisotopic (exact) mass is 312 g/mol. The molecule has 1 amide bonds. The van der Waals surface area contributed by atoms with Crippen LogP contribution in [0.1, 0.15) is 36.4 Å². The molecule has 1 aliphatic heterocycles. The summed E-state index contributed by atoms with van der Waals surface area (Å²) in [5, 5.41) is 7.42. The number of nitrogens with two attached hydrogens (primary N) is 1. The van der Waals surface area contributed by atoms with Crippen LogP contribution < -0.4 is 5.73 Å². The topological polar surface area (TPSA) is 75.0 Å². The molecule has 23 heavy (non-hydrogen) atoms. The molecule has 1 aromatic carbocycles. The van der Waals surface area contributed by atoms with Crippen molar-refractivity contribution >= 4 is 5.91 Å². The Balaban J connectivity index is 1.81. The highest BCUT2D eigenvalue weighted by Crippen LogP contribution is 2.33. The molecule has 122 valence electrons. The Morgan fingerprint density at radius 2 is 2.17 bits per heavy atom. The number of likely N-dealkylation sites (tertiary alicyclic amines) is 1. The minimum Gasteiger partial charge on any atom is -0.342 e. The number of benzene rings is 1. The van der Waals surface area contributed by atoms with Crippen molar-refractivity contribution in [3.05, 3.63) is 41.7 Å². The molecule has 0 aliphatic carbocycles. The van der Waals surface area contributed by atoms with Gasteiger partial charge in [0.1, 0.15) is 0 Å². The molecule has 1 aliphatic rings. The van der Waals surface area contributed by atoms with Crippen LogP contribution in [0.15, 0.2) is 30.5 Å². The second-order valence-electron chi connectivity index (χ2n) is 6.28. The van der Waals surface area contributed by atoms with Crippen LogP contribution in [0.25, 0.3) is 11.1 Å². The third-order valence-corrected chi connectivity index (χ3v) is 4.57. The normalized spacial score (nSPS) is 18.2. The predicted molar refractivity (Wildman–Crippen MR) is 91.0 cm³/mol. The molecule has 5 nitrogen and oxygen atoms in total. The summed E-state index contributed by atoms with van der Waals surface area (Å²) in [6.45, 7) is 4.09. The average molecular weight is 312 g/mol. The molecule has 2 heterocycles. The van der Waals surface area contributed by atoms with E-state index in [1.807, 2.05) is 11.1 Å². The lowest BCUT2D eigenvalue weighted by molar-refractivity contribution is -0.132. The second-order valence-corrected chi connectivity index (χ2v) is 6.28. The Morgan fingerprint density at radius 3 is 2.91 bits per heavy atom. The lowest BCUT2D eigenvalue weighted by Gasteiger charge is -2.32. The molecule has 0 unspecified atom stereocenters. The van der Waals surface area contributed by atoms with Crippen molar-refractivity contribution < 1.29 is 4.79 Å². The van der Waals surface area contributed by atoms with Crippen LogP contribution in [0, 0.1) is 6.92 Å². The first kappa shape index (κ1) is 15.7. The van der Waals surface area contributed by atoms with Gasteiger partial charge in [0.25, 0.3) is 0 Å². The Hall–Kier alpha value is -2.14. The molecule has 1 fully saturated rings. The molecule has 2 aromatic rings. The maximum absolute atomic E-state index is 12.1. The van der Waals surface area contributed by atoms with E-state index in [2.05, 4.69) is 41.4 Å². The van der Waals surface area contributed by atoms with E-state index in [0.717, 1.165) is 37.2 Å². The summed E-state index contributed by atoms with van der Waals surface area (Å²) in [7, 11) is 0. The molecule has 1 saturated heterocycles. The maximum atomic E-state index is 12.1. The number of aromatic amines is 1. The first-order valence-corrected chi connectivity index (χ1v) is 8.27. The number of hydrogen-bond acceptors (Lipinski definition) is 3. The summed E-state index contributed by atoms with van der Waals surface area (Å²) < 4.78 is 0. The quantitative estimate of drug-likeness (QED) is 0.910. The Kier molecular flexibility index (Phi) is 4.76. The van der Waals surface area contributed by atoms with Crippen LogP contribution in [-0.2, 0) is 4.79 Å². The van der Waals surface area contributed by atoms with Crippen molar-refractivity contribution in [1.82, 2.24) is 15.1 Å². The molecular formula is C18H24N4O. The SMILES string of the molecule is Cc1ccc(-c2cn[nH]c2[C@@H]2CCCN(C(=O)CCN)C2)cc1. The minimum atomic E-state index is 0.161. The maximum Gasteiger partial charge on any atom is 0.223 e. The highest BCUT2D eigenvalue weighted by molar-refractivity contribution is 5.76. The molecule has 3 rings (SSSR count). The molecule has 3 N–H and O–H groups in total. The number of carbonyl (C=O) groups excluding carboxylic acids is 1. The molecule has 0 bridgehead atoms. The third-order valence-electron chi connectivity index (χ3n) is 4.57. The van der Waals surface area contributed by atoms with Gasteiger partial charge < -0.3 is 10.6 Å². The molecule has 0 spiro atoms. The fourth-order valence-electron chi connectivity index (χ4n) is 3.29. The van der Waals surface area contributed by atoms with Gasteiger partial charge in [-0.3, -0.25) is 9.89 Å². The Bertz CT molecular complexity index is 662. The average Bonchev–Trinajstić information content (AvgIpc) is 3.05. The first-order chi connectivity index (χ1) is 11.2. The minimum absolute atomic E-state index is 0.161. The van der Waals surface area contributed by atoms with E-state index in [1.165, 1.54) is 11.1 Å². The van der Waals surface area contributed by atoms with Crippen LogP contribution in [0.4, 0.5) is 0 Å². The third kappa shape index (κ3) is 3.45. The number of hydrogen-bond donors (Lipinski definition) is 2. The molecular weight excluding hydrogens is 288 g/mol. The van der Waals surface area contributed by atoms with E-state index >= 15 is 0 Å². The standard InChI is InChI=1S/C18H24N4O/c1-13-4-6-14(7-5-13)16-11-20-21-18(16)15-3-2-10-22(12-15)17(23)8-9-19/h4-7,11,15H,2-3,8-10,12,19H2,1H3,(H,20,21)/t15-/m1/s1. The predicted octanol–water partition coefficient (Wildman–Crippen LogP) is 2.44. The molecule has 1 atom stereocenters. The van der Waals surface area contributed by atoms with Crippen LogP contribution in [-0.4, -0.2) is 40.6 Å². The van der Waals surface area contributed by atoms with Crippen LogP contribution >= 0.6 is 0 Å². The van der Waals surface area contributed by atoms with Crippen LogP contribution in [0.2, 0.25) is 0 Å². The van der Waals surface area contributed by atoms with Gasteiger partial charge in [-0.15, -0.1) is 0 Å². The lowest BCUT2D eigenvalue weighted by Crippen LogP contribution is -2.40. The van der Waals surface area contributed by atoms with Gasteiger partial charge in [0.15, 0.2) is 0 Å². The van der Waals surface area contributed by atoms with Gasteiger partial charge in [-0.25, -0.2) is 0 Å². The van der Waals surface area contributed by atoms with Crippen molar-refractivity contribution in [3.8, 4) is 11.1 Å². The summed E-state index contributed by atoms with van der Waals surface area (Å²) in [6, 6.07) is 8.49. The number of nitrogens with one attached hydrogen (secondary N) is 1. The van der Waals surface area contributed by atoms with E-state index in [1.54, 1.807) is 0 Å². The van der Waals surface area contributed by atoms with Crippen LogP contribution in [0.3, 0.4) is 0 Å². The summed E-state index contributed by atoms with van der Waals surface area (Å²) in [6.07, 6.45) is 4.42. The zero-order valence-corrected chi connectivity index (χ0v) is 13.6. The molecule has 0 radical (unpaired) electrons. The Labute approximate surface area is 136 Å². The first-order valence-electron chi connectivity index (χ1n) is 8.27. The van der Waals surface area contributed by atoms with Gasteiger partial charge in [0, 0.05) is 43.2 Å². The highest BCUT2D eigenvalue weighted by Gasteiger charge is 2.27. The smallest absolute Gasteiger partial charge is 0.223 e. The number of aromatic nitrogens is 2. The second kappa shape index (κ2) is 6.96. The summed E-state index contributed by atoms with van der Waals surface area (Å²) in [5.41, 5.74) is 10.2. The largest absolute Gasteiger partial charge is 0.342 e. The van der Waals surface area contributed by atoms with Gasteiger partial charge in [-0.1, -0.05) is 29.8 Å². The van der Waals surface area contributed by atoms with E-state index < -0.39 is 0 Å². The zero-order chi connectivity index (χ0) is 16.2. The fourth-order valence-corrected chi connectivity index (χ4v) is 3.29. The number of H-pyrrole nitrogens is 1. The van der Waals surface area contributed by atoms with E-state index in [0.29, 0.717) is 18.9 Å². The van der Waals surface area contributed by atoms with E-state index in [-0.39, 0.29) is 5.91 Å². The van der Waals surface area contributed by atoms with Gasteiger partial charge in [-0.05, 0) is 25.3 Å². The number of piperidine rings is 1. The van der Waals surface area contributed by atoms with Gasteiger partial charge >= 0.3 is 0 Å². The number of nitrogens with zero attached hydrogens (tertiary/aromatic N) is 2. The molecule has 1 aromatic heterocycles. The fraction of sp³-hybridized carbons (Fsp3) is 0.444. The van der Waals surface area contributed by atoms with Crippen LogP contribution in [0.5, 0.6) is 0 Å². The van der Waals surface area contributed by atoms with Crippen molar-refractivity contribution in [1.29, 1.82) is 0 Å². The molecule has 5 heteroatoms. The Morgan fingerprint density at radius 1 is 1.39 bits per heavy atom. The van der Waals surface area contributed by atoms with Gasteiger partial charge in [0.2, 0.25) is 5.91 Å². The number of rotatable bonds is 4. The van der Waals surface area contributed by atoms with Crippen molar-refractivity contribution in [3.63, 3.8) is 0 Å². The van der Waals surface area contributed by atoms with Gasteiger partial charge in [-0.2, -0.15) is 5.10 Å². The van der Waals surface area contributed by atoms with Crippen molar-refractivity contribution in [2.24, 2.45) is 5.73 Å². The summed E-state index contributed by atoms with van der Waals surface area (Å²) in [4.78, 5) is 14.1. The van der Waals surface area contributed by atoms with E-state index in [9.17, 15) is 4.79 Å².